The standard InChI is InChI=1S/C9H7ClN2O2/c1-14-6-2-3-12-8(4-6)11-7(5-13)9(12)10/h2-5H,1H3. The number of aromatic nitrogens is 2. The Balaban J connectivity index is 2.72. The molecule has 0 amide bonds. The van der Waals surface area contributed by atoms with Gasteiger partial charge in [-0.2, -0.15) is 0 Å². The first-order valence-corrected chi connectivity index (χ1v) is 4.31. The van der Waals surface area contributed by atoms with Gasteiger partial charge in [-0.15, -0.1) is 0 Å². The normalized spacial score (nSPS) is 10.4. The Hall–Kier alpha value is -1.55. The molecule has 0 bridgehead atoms. The highest BCUT2D eigenvalue weighted by atomic mass is 35.5. The molecule has 2 aromatic heterocycles. The minimum Gasteiger partial charge on any atom is -0.497 e. The maximum absolute atomic E-state index is 10.6. The first-order valence-electron chi connectivity index (χ1n) is 3.93. The van der Waals surface area contributed by atoms with E-state index in [2.05, 4.69) is 4.98 Å². The summed E-state index contributed by atoms with van der Waals surface area (Å²) in [5, 5.41) is 0.317. The lowest BCUT2D eigenvalue weighted by Gasteiger charge is -1.99. The summed E-state index contributed by atoms with van der Waals surface area (Å²) >= 11 is 5.88. The van der Waals surface area contributed by atoms with E-state index in [1.165, 1.54) is 0 Å². The molecular weight excluding hydrogens is 204 g/mol. The van der Waals surface area contributed by atoms with Crippen LogP contribution in [0.25, 0.3) is 5.65 Å². The van der Waals surface area contributed by atoms with Crippen LogP contribution in [-0.4, -0.2) is 22.8 Å². The van der Waals surface area contributed by atoms with Crippen LogP contribution in [-0.2, 0) is 0 Å². The number of ether oxygens (including phenoxy) is 1. The number of hydrogen-bond acceptors (Lipinski definition) is 3. The molecule has 72 valence electrons. The summed E-state index contributed by atoms with van der Waals surface area (Å²) in [6.07, 6.45) is 2.33. The topological polar surface area (TPSA) is 43.6 Å². The lowest BCUT2D eigenvalue weighted by molar-refractivity contribution is 0.111. The number of carbonyl (C=O) groups excluding carboxylic acids is 1. The fraction of sp³-hybridized carbons (Fsp3) is 0.111. The Morgan fingerprint density at radius 1 is 1.64 bits per heavy atom. The summed E-state index contributed by atoms with van der Waals surface area (Å²) in [6.45, 7) is 0. The van der Waals surface area contributed by atoms with Crippen LogP contribution in [0.2, 0.25) is 5.15 Å². The number of carbonyl (C=O) groups is 1. The van der Waals surface area contributed by atoms with Crippen LogP contribution in [0.5, 0.6) is 5.75 Å². The van der Waals surface area contributed by atoms with Gasteiger partial charge in [0.1, 0.15) is 22.2 Å². The van der Waals surface area contributed by atoms with Crippen LogP contribution in [0.4, 0.5) is 0 Å². The number of hydrogen-bond donors (Lipinski definition) is 0. The number of methoxy groups -OCH3 is 1. The Bertz CT molecular complexity index is 493. The molecule has 2 heterocycles. The predicted molar refractivity (Wildman–Crippen MR) is 52.1 cm³/mol. The fourth-order valence-electron chi connectivity index (χ4n) is 1.22. The molecule has 0 N–H and O–H groups in total. The van der Waals surface area contributed by atoms with E-state index in [9.17, 15) is 4.79 Å². The minimum absolute atomic E-state index is 0.236. The van der Waals surface area contributed by atoms with Gasteiger partial charge in [0.2, 0.25) is 0 Å². The van der Waals surface area contributed by atoms with Crippen LogP contribution in [0, 0.1) is 0 Å². The van der Waals surface area contributed by atoms with Crippen LogP contribution in [0.3, 0.4) is 0 Å². The molecule has 0 saturated carbocycles. The van der Waals surface area contributed by atoms with Gasteiger partial charge in [0, 0.05) is 12.3 Å². The van der Waals surface area contributed by atoms with Gasteiger partial charge in [0.15, 0.2) is 6.29 Å². The largest absolute Gasteiger partial charge is 0.497 e. The average Bonchev–Trinajstić information content (AvgIpc) is 2.55. The first-order chi connectivity index (χ1) is 6.76. The van der Waals surface area contributed by atoms with E-state index < -0.39 is 0 Å². The minimum atomic E-state index is 0.236. The molecule has 0 aliphatic heterocycles. The SMILES string of the molecule is COc1ccn2c(Cl)c(C=O)nc2c1. The maximum atomic E-state index is 10.6. The molecule has 14 heavy (non-hydrogen) atoms. The Labute approximate surface area is 85.1 Å². The van der Waals surface area contributed by atoms with Crippen molar-refractivity contribution in [2.45, 2.75) is 0 Å². The van der Waals surface area contributed by atoms with Crippen molar-refractivity contribution in [3.05, 3.63) is 29.2 Å². The van der Waals surface area contributed by atoms with E-state index in [1.807, 2.05) is 0 Å². The summed E-state index contributed by atoms with van der Waals surface area (Å²) in [6, 6.07) is 3.45. The van der Waals surface area contributed by atoms with Crippen molar-refractivity contribution in [3.63, 3.8) is 0 Å². The van der Waals surface area contributed by atoms with E-state index in [4.69, 9.17) is 16.3 Å². The van der Waals surface area contributed by atoms with Gasteiger partial charge < -0.3 is 4.74 Å². The highest BCUT2D eigenvalue weighted by molar-refractivity contribution is 6.32. The molecular formula is C9H7ClN2O2. The van der Waals surface area contributed by atoms with Crippen molar-refractivity contribution in [2.24, 2.45) is 0 Å². The zero-order chi connectivity index (χ0) is 10.1. The van der Waals surface area contributed by atoms with Crippen molar-refractivity contribution >= 4 is 23.5 Å². The van der Waals surface area contributed by atoms with Gasteiger partial charge in [-0.25, -0.2) is 4.98 Å². The van der Waals surface area contributed by atoms with Crippen LogP contribution in [0.15, 0.2) is 18.3 Å². The maximum Gasteiger partial charge on any atom is 0.171 e. The zero-order valence-corrected chi connectivity index (χ0v) is 8.15. The van der Waals surface area contributed by atoms with Gasteiger partial charge in [0.25, 0.3) is 0 Å². The molecule has 0 radical (unpaired) electrons. The van der Waals surface area contributed by atoms with E-state index in [0.717, 1.165) is 0 Å². The number of imidazole rings is 1. The molecule has 4 nitrogen and oxygen atoms in total. The second-order valence-corrected chi connectivity index (χ2v) is 3.06. The molecule has 0 aromatic carbocycles. The van der Waals surface area contributed by atoms with Gasteiger partial charge in [-0.1, -0.05) is 11.6 Å². The number of rotatable bonds is 2. The van der Waals surface area contributed by atoms with Gasteiger partial charge in [-0.3, -0.25) is 9.20 Å². The smallest absolute Gasteiger partial charge is 0.171 e. The van der Waals surface area contributed by atoms with Crippen molar-refractivity contribution in [1.82, 2.24) is 9.38 Å². The molecule has 2 rings (SSSR count). The third-order valence-electron chi connectivity index (χ3n) is 1.91. The lowest BCUT2D eigenvalue weighted by atomic mass is 10.4. The Morgan fingerprint density at radius 2 is 2.43 bits per heavy atom. The lowest BCUT2D eigenvalue weighted by Crippen LogP contribution is -1.87. The van der Waals surface area contributed by atoms with Crippen molar-refractivity contribution in [2.75, 3.05) is 7.11 Å². The number of nitrogens with zero attached hydrogens (tertiary/aromatic N) is 2. The zero-order valence-electron chi connectivity index (χ0n) is 7.40. The van der Waals surface area contributed by atoms with Gasteiger partial charge in [-0.05, 0) is 6.07 Å². The summed E-state index contributed by atoms with van der Waals surface area (Å²) < 4.78 is 6.64. The number of aldehydes is 1. The third-order valence-corrected chi connectivity index (χ3v) is 2.29. The molecule has 0 unspecified atom stereocenters. The average molecular weight is 211 g/mol. The third kappa shape index (κ3) is 1.24. The van der Waals surface area contributed by atoms with Crippen LogP contribution < -0.4 is 4.74 Å². The second-order valence-electron chi connectivity index (χ2n) is 2.70. The summed E-state index contributed by atoms with van der Waals surface area (Å²) in [5.41, 5.74) is 0.830. The molecule has 0 aliphatic carbocycles. The molecule has 2 aromatic rings. The van der Waals surface area contributed by atoms with Crippen LogP contribution in [0.1, 0.15) is 10.5 Å². The molecule has 0 spiro atoms. The monoisotopic (exact) mass is 210 g/mol. The fourth-order valence-corrected chi connectivity index (χ4v) is 1.45. The molecule has 0 atom stereocenters. The summed E-state index contributed by atoms with van der Waals surface area (Å²) in [5.74, 6) is 0.677. The second kappa shape index (κ2) is 3.31. The first kappa shape index (κ1) is 9.02. The van der Waals surface area contributed by atoms with Crippen molar-refractivity contribution in [1.29, 1.82) is 0 Å². The molecule has 5 heteroatoms. The highest BCUT2D eigenvalue weighted by Crippen LogP contribution is 2.20. The highest BCUT2D eigenvalue weighted by Gasteiger charge is 2.09. The van der Waals surface area contributed by atoms with E-state index in [0.29, 0.717) is 22.8 Å². The summed E-state index contributed by atoms with van der Waals surface area (Å²) in [4.78, 5) is 14.6. The number of halogens is 1. The van der Waals surface area contributed by atoms with E-state index >= 15 is 0 Å². The van der Waals surface area contributed by atoms with Crippen molar-refractivity contribution < 1.29 is 9.53 Å². The number of pyridine rings is 1. The van der Waals surface area contributed by atoms with Crippen molar-refractivity contribution in [3.8, 4) is 5.75 Å². The van der Waals surface area contributed by atoms with E-state index in [-0.39, 0.29) is 5.69 Å². The molecule has 0 fully saturated rings. The predicted octanol–water partition coefficient (Wildman–Crippen LogP) is 1.81. The molecule has 0 saturated heterocycles. The summed E-state index contributed by atoms with van der Waals surface area (Å²) in [7, 11) is 1.57. The quantitative estimate of drug-likeness (QED) is 0.710. The number of fused-ring (bicyclic) bond motifs is 1. The molecule has 0 aliphatic rings. The van der Waals surface area contributed by atoms with Gasteiger partial charge in [0.05, 0.1) is 7.11 Å². The Morgan fingerprint density at radius 3 is 3.07 bits per heavy atom. The Kier molecular flexibility index (Phi) is 2.13. The van der Waals surface area contributed by atoms with E-state index in [1.54, 1.807) is 29.8 Å². The van der Waals surface area contributed by atoms with Gasteiger partial charge >= 0.3 is 0 Å². The van der Waals surface area contributed by atoms with Crippen LogP contribution >= 0.6 is 11.6 Å².